The van der Waals surface area contributed by atoms with Crippen LogP contribution in [-0.2, 0) is 4.79 Å². The molecule has 0 fully saturated rings. The van der Waals surface area contributed by atoms with Crippen LogP contribution in [0.15, 0.2) is 48.5 Å². The van der Waals surface area contributed by atoms with E-state index >= 15 is 0 Å². The molecule has 1 heterocycles. The average molecular weight is 319 g/mol. The summed E-state index contributed by atoms with van der Waals surface area (Å²) in [6.45, 7) is 0. The maximum Gasteiger partial charge on any atom is 0.120 e. The van der Waals surface area contributed by atoms with Crippen LogP contribution in [0.2, 0.25) is 0 Å². The van der Waals surface area contributed by atoms with E-state index in [1.54, 1.807) is 30.3 Å². The first-order chi connectivity index (χ1) is 11.2. The molecule has 3 rings (SSSR count). The summed E-state index contributed by atoms with van der Waals surface area (Å²) in [5.74, 6) is -1.15. The predicted molar refractivity (Wildman–Crippen MR) is 88.3 cm³/mol. The zero-order valence-corrected chi connectivity index (χ0v) is 12.8. The van der Waals surface area contributed by atoms with E-state index in [1.807, 2.05) is 24.3 Å². The second-order valence-corrected chi connectivity index (χ2v) is 5.97. The van der Waals surface area contributed by atoms with Crippen LogP contribution in [0.1, 0.15) is 22.6 Å². The molecule has 0 atom stereocenters. The molecule has 4 nitrogen and oxygen atoms in total. The molecular formula is C18H11N2O2S-. The zero-order chi connectivity index (χ0) is 16.2. The highest BCUT2D eigenvalue weighted by molar-refractivity contribution is 7.19. The van der Waals surface area contributed by atoms with Crippen molar-refractivity contribution in [3.8, 4) is 6.07 Å². The van der Waals surface area contributed by atoms with Gasteiger partial charge in [0.25, 0.3) is 0 Å². The number of carbonyl (C=O) groups excluding carboxylic acids is 1. The molecule has 0 N–H and O–H groups in total. The summed E-state index contributed by atoms with van der Waals surface area (Å²) in [5, 5.41) is 20.6. The number of hydrogen-bond donors (Lipinski definition) is 0. The fraction of sp³-hybridized carbons (Fsp3) is 0.0556. The molecule has 0 radical (unpaired) electrons. The van der Waals surface area contributed by atoms with E-state index in [-0.39, 0.29) is 6.42 Å². The molecule has 3 aromatic rings. The number of para-hydroxylation sites is 1. The number of carbonyl (C=O) groups is 1. The Bertz CT molecular complexity index is 901. The van der Waals surface area contributed by atoms with Gasteiger partial charge in [0.15, 0.2) is 0 Å². The number of thiazole rings is 1. The molecule has 0 saturated carbocycles. The summed E-state index contributed by atoms with van der Waals surface area (Å²) in [7, 11) is 0. The van der Waals surface area contributed by atoms with E-state index in [0.717, 1.165) is 15.8 Å². The van der Waals surface area contributed by atoms with Gasteiger partial charge in [0.1, 0.15) is 5.01 Å². The summed E-state index contributed by atoms with van der Waals surface area (Å²) >= 11 is 1.45. The van der Waals surface area contributed by atoms with Gasteiger partial charge in [0, 0.05) is 12.4 Å². The second kappa shape index (κ2) is 6.42. The van der Waals surface area contributed by atoms with Crippen LogP contribution in [0.4, 0.5) is 0 Å². The van der Waals surface area contributed by atoms with Gasteiger partial charge in [0.05, 0.1) is 21.8 Å². The Kier molecular flexibility index (Phi) is 4.18. The minimum Gasteiger partial charge on any atom is -0.550 e. The molecule has 0 aliphatic heterocycles. The van der Waals surface area contributed by atoms with Gasteiger partial charge < -0.3 is 9.90 Å². The molecule has 5 heteroatoms. The van der Waals surface area contributed by atoms with Crippen LogP contribution in [0, 0.1) is 11.3 Å². The third-order valence-corrected chi connectivity index (χ3v) is 4.40. The molecule has 0 saturated heterocycles. The summed E-state index contributed by atoms with van der Waals surface area (Å²) in [6.07, 6.45) is 1.56. The van der Waals surface area contributed by atoms with E-state index in [1.165, 1.54) is 11.3 Å². The predicted octanol–water partition coefficient (Wildman–Crippen LogP) is 2.85. The van der Waals surface area contributed by atoms with Crippen LogP contribution in [0.25, 0.3) is 21.9 Å². The van der Waals surface area contributed by atoms with Crippen LogP contribution in [0.5, 0.6) is 0 Å². The highest BCUT2D eigenvalue weighted by Crippen LogP contribution is 2.30. The molecule has 2 aromatic carbocycles. The minimum atomic E-state index is -1.15. The topological polar surface area (TPSA) is 76.8 Å². The average Bonchev–Trinajstić information content (AvgIpc) is 2.98. The number of fused-ring (bicyclic) bond motifs is 1. The SMILES string of the molecule is N#Cc1ccc(/C=C(\CC(=O)[O-])c2nc3ccccc3s2)cc1. The lowest BCUT2D eigenvalue weighted by Gasteiger charge is -2.05. The van der Waals surface area contributed by atoms with Gasteiger partial charge in [-0.1, -0.05) is 24.3 Å². The number of rotatable bonds is 4. The first-order valence-corrected chi connectivity index (χ1v) is 7.74. The van der Waals surface area contributed by atoms with E-state index < -0.39 is 5.97 Å². The summed E-state index contributed by atoms with van der Waals surface area (Å²) in [6, 6.07) is 16.7. The van der Waals surface area contributed by atoms with Crippen molar-refractivity contribution in [1.82, 2.24) is 4.98 Å². The zero-order valence-electron chi connectivity index (χ0n) is 12.0. The first-order valence-electron chi connectivity index (χ1n) is 6.92. The molecule has 23 heavy (non-hydrogen) atoms. The number of benzene rings is 2. The molecule has 0 bridgehead atoms. The van der Waals surface area contributed by atoms with Crippen molar-refractivity contribution in [2.24, 2.45) is 0 Å². The van der Waals surface area contributed by atoms with Crippen molar-refractivity contribution in [2.45, 2.75) is 6.42 Å². The Morgan fingerprint density at radius 2 is 1.96 bits per heavy atom. The summed E-state index contributed by atoms with van der Waals surface area (Å²) < 4.78 is 1.01. The third kappa shape index (κ3) is 3.44. The van der Waals surface area contributed by atoms with E-state index in [2.05, 4.69) is 11.1 Å². The van der Waals surface area contributed by atoms with Crippen molar-refractivity contribution in [1.29, 1.82) is 5.26 Å². The number of carboxylic acid groups (broad SMARTS) is 1. The molecule has 0 aliphatic rings. The quantitative estimate of drug-likeness (QED) is 0.741. The maximum absolute atomic E-state index is 11.1. The van der Waals surface area contributed by atoms with Gasteiger partial charge in [-0.05, 0) is 41.5 Å². The largest absolute Gasteiger partial charge is 0.550 e. The van der Waals surface area contributed by atoms with Gasteiger partial charge in [-0.2, -0.15) is 5.26 Å². The van der Waals surface area contributed by atoms with Crippen molar-refractivity contribution in [3.05, 3.63) is 64.7 Å². The smallest absolute Gasteiger partial charge is 0.120 e. The molecule has 0 amide bonds. The van der Waals surface area contributed by atoms with Crippen molar-refractivity contribution in [2.75, 3.05) is 0 Å². The molecule has 1 aromatic heterocycles. The maximum atomic E-state index is 11.1. The Hall–Kier alpha value is -2.97. The number of hydrogen-bond acceptors (Lipinski definition) is 5. The Labute approximate surface area is 137 Å². The molecule has 0 spiro atoms. The summed E-state index contributed by atoms with van der Waals surface area (Å²) in [4.78, 5) is 15.6. The monoisotopic (exact) mass is 319 g/mol. The standard InChI is InChI=1S/C18H12N2O2S/c19-11-13-7-5-12(6-8-13)9-14(10-17(21)22)18-20-15-3-1-2-4-16(15)23-18/h1-9H,10H2,(H,21,22)/p-1/b14-9+. The number of aromatic nitrogens is 1. The van der Waals surface area contributed by atoms with Gasteiger partial charge in [-0.3, -0.25) is 0 Å². The first kappa shape index (κ1) is 14.9. The number of carboxylic acids is 1. The highest BCUT2D eigenvalue weighted by atomic mass is 32.1. The van der Waals surface area contributed by atoms with Crippen molar-refractivity contribution in [3.63, 3.8) is 0 Å². The lowest BCUT2D eigenvalue weighted by Crippen LogP contribution is -2.22. The van der Waals surface area contributed by atoms with Crippen LogP contribution in [0.3, 0.4) is 0 Å². The van der Waals surface area contributed by atoms with Gasteiger partial charge >= 0.3 is 0 Å². The third-order valence-electron chi connectivity index (χ3n) is 3.28. The lowest BCUT2D eigenvalue weighted by atomic mass is 10.1. The second-order valence-electron chi connectivity index (χ2n) is 4.94. The summed E-state index contributed by atoms with van der Waals surface area (Å²) in [5.41, 5.74) is 2.82. The lowest BCUT2D eigenvalue weighted by molar-refractivity contribution is -0.304. The fourth-order valence-electron chi connectivity index (χ4n) is 2.21. The number of nitriles is 1. The molecular weight excluding hydrogens is 308 g/mol. The number of nitrogens with zero attached hydrogens (tertiary/aromatic N) is 2. The van der Waals surface area contributed by atoms with Crippen LogP contribution >= 0.6 is 11.3 Å². The molecule has 0 unspecified atom stereocenters. The fourth-order valence-corrected chi connectivity index (χ4v) is 3.19. The molecule has 112 valence electrons. The van der Waals surface area contributed by atoms with E-state index in [9.17, 15) is 9.90 Å². The highest BCUT2D eigenvalue weighted by Gasteiger charge is 2.09. The molecule has 0 aliphatic carbocycles. The number of aliphatic carboxylic acids is 1. The van der Waals surface area contributed by atoms with Gasteiger partial charge in [-0.25, -0.2) is 4.98 Å². The Morgan fingerprint density at radius 1 is 1.22 bits per heavy atom. The van der Waals surface area contributed by atoms with E-state index in [0.29, 0.717) is 16.1 Å². The van der Waals surface area contributed by atoms with Crippen molar-refractivity contribution < 1.29 is 9.90 Å². The van der Waals surface area contributed by atoms with Crippen molar-refractivity contribution >= 4 is 39.2 Å². The van der Waals surface area contributed by atoms with Gasteiger partial charge in [-0.15, -0.1) is 11.3 Å². The van der Waals surface area contributed by atoms with Crippen LogP contribution < -0.4 is 5.11 Å². The Balaban J connectivity index is 2.04. The van der Waals surface area contributed by atoms with Gasteiger partial charge in [0.2, 0.25) is 0 Å². The Morgan fingerprint density at radius 3 is 2.61 bits per heavy atom. The normalized spacial score (nSPS) is 11.3. The van der Waals surface area contributed by atoms with E-state index in [4.69, 9.17) is 5.26 Å². The minimum absolute atomic E-state index is 0.209. The van der Waals surface area contributed by atoms with Crippen LogP contribution in [-0.4, -0.2) is 11.0 Å².